The minimum Gasteiger partial charge on any atom is -0.458 e. The van der Waals surface area contributed by atoms with Gasteiger partial charge in [-0.2, -0.15) is 0 Å². The molecule has 2 aliphatic heterocycles. The summed E-state index contributed by atoms with van der Waals surface area (Å²) in [4.78, 5) is 0. The van der Waals surface area contributed by atoms with Gasteiger partial charge in [-0.25, -0.2) is 0 Å². The molecule has 306 valence electrons. The van der Waals surface area contributed by atoms with Gasteiger partial charge in [0.15, 0.2) is 0 Å². The van der Waals surface area contributed by atoms with Crippen LogP contribution in [0, 0.1) is 0 Å². The molecule has 0 amide bonds. The quantitative estimate of drug-likeness (QED) is 0.166. The number of nitrogens with zero attached hydrogens (tertiary/aromatic N) is 2. The molecule has 10 aromatic carbocycles. The number of aromatic nitrogens is 2. The topological polar surface area (TPSA) is 41.5 Å². The van der Waals surface area contributed by atoms with Crippen molar-refractivity contribution in [3.8, 4) is 56.6 Å². The van der Waals surface area contributed by atoms with Crippen molar-refractivity contribution in [2.45, 2.75) is 0 Å². The summed E-state index contributed by atoms with van der Waals surface area (Å²) in [5, 5.41) is 6.68. The molecule has 0 saturated carbocycles. The Bertz CT molecular complexity index is 4050. The molecule has 0 saturated heterocycles. The fourth-order valence-corrected chi connectivity index (χ4v) is 11.2. The van der Waals surface area contributed by atoms with E-state index in [1.807, 2.05) is 0 Å². The Morgan fingerprint density at radius 2 is 0.818 bits per heavy atom. The highest BCUT2D eigenvalue weighted by molar-refractivity contribution is 6.98. The largest absolute Gasteiger partial charge is 0.458 e. The van der Waals surface area contributed by atoms with Gasteiger partial charge < -0.3 is 23.0 Å². The van der Waals surface area contributed by atoms with Gasteiger partial charge in [0.2, 0.25) is 0 Å². The highest BCUT2D eigenvalue weighted by atomic mass is 16.5. The van der Waals surface area contributed by atoms with Gasteiger partial charge in [0.05, 0.1) is 38.5 Å². The lowest BCUT2D eigenvalue weighted by Gasteiger charge is -2.34. The molecule has 0 aliphatic carbocycles. The summed E-state index contributed by atoms with van der Waals surface area (Å²) < 4.78 is 26.3. The molecule has 0 fully saturated rings. The van der Waals surface area contributed by atoms with Crippen LogP contribution in [0.1, 0.15) is 0 Å². The van der Waals surface area contributed by atoms with Crippen LogP contribution in [-0.4, -0.2) is 15.8 Å². The molecule has 0 unspecified atom stereocenters. The Labute approximate surface area is 379 Å². The smallest absolute Gasteiger partial charge is 0.260 e. The average molecular weight is 843 g/mol. The summed E-state index contributed by atoms with van der Waals surface area (Å²) >= 11 is 0. The molecule has 3 aromatic heterocycles. The highest BCUT2D eigenvalue weighted by Gasteiger charge is 2.41. The molecule has 0 bridgehead atoms. The van der Waals surface area contributed by atoms with Crippen LogP contribution in [0.3, 0.4) is 0 Å². The van der Waals surface area contributed by atoms with E-state index in [0.29, 0.717) is 0 Å². The Hall–Kier alpha value is -8.74. The molecule has 6 heteroatoms. The number of fused-ring (bicyclic) bond motifs is 16. The maximum absolute atomic E-state index is 7.17. The van der Waals surface area contributed by atoms with E-state index in [2.05, 4.69) is 221 Å². The van der Waals surface area contributed by atoms with E-state index in [1.165, 1.54) is 0 Å². The fraction of sp³-hybridized carbons (Fsp3) is 0. The second kappa shape index (κ2) is 13.4. The van der Waals surface area contributed by atoms with E-state index in [0.717, 1.165) is 139 Å². The van der Waals surface area contributed by atoms with Gasteiger partial charge >= 0.3 is 0 Å². The van der Waals surface area contributed by atoms with Crippen molar-refractivity contribution in [2.75, 3.05) is 0 Å². The number of furan rings is 1. The lowest BCUT2D eigenvalue weighted by Crippen LogP contribution is -2.57. The summed E-state index contributed by atoms with van der Waals surface area (Å²) in [6.45, 7) is -0.102. The zero-order valence-electron chi connectivity index (χ0n) is 35.4. The molecule has 2 aliphatic rings. The van der Waals surface area contributed by atoms with Gasteiger partial charge in [-0.15, -0.1) is 0 Å². The van der Waals surface area contributed by atoms with Crippen molar-refractivity contribution in [1.82, 2.24) is 9.13 Å². The summed E-state index contributed by atoms with van der Waals surface area (Å²) in [6.07, 6.45) is 0. The van der Waals surface area contributed by atoms with Crippen LogP contribution in [-0.2, 0) is 0 Å². The molecular weight excluding hydrogens is 807 g/mol. The molecule has 5 heterocycles. The van der Waals surface area contributed by atoms with Crippen LogP contribution >= 0.6 is 0 Å². The first kappa shape index (κ1) is 35.7. The molecule has 5 nitrogen and oxygen atoms in total. The molecule has 0 N–H and O–H groups in total. The number of hydrogen-bond acceptors (Lipinski definition) is 3. The van der Waals surface area contributed by atoms with E-state index in [4.69, 9.17) is 13.9 Å². The molecule has 0 radical (unpaired) electrons. The lowest BCUT2D eigenvalue weighted by atomic mass is 9.34. The van der Waals surface area contributed by atoms with Gasteiger partial charge in [0.25, 0.3) is 6.71 Å². The van der Waals surface area contributed by atoms with Crippen molar-refractivity contribution in [3.63, 3.8) is 0 Å². The van der Waals surface area contributed by atoms with Crippen molar-refractivity contribution in [2.24, 2.45) is 0 Å². The van der Waals surface area contributed by atoms with Gasteiger partial charge in [0.1, 0.15) is 34.2 Å². The van der Waals surface area contributed by atoms with Crippen molar-refractivity contribution in [3.05, 3.63) is 212 Å². The van der Waals surface area contributed by atoms with Crippen LogP contribution < -0.4 is 25.9 Å². The standard InChI is InChI=1S/C60H35BN2O3/c1-4-16-36(17-5-1)38-28-30-45-50(32-38)64-52-34-41(35-53-57(52)61(45)46-31-29-39(33-51(46)65-53)37-18-6-2-7-19-37)63-47-25-13-10-22-42(47)54-58-55(60-56(59(54)63)44-24-12-15-27-49(44)66-60)43-23-11-14-26-48(43)62(58)40-20-8-3-9-21-40/h1-35H. The monoisotopic (exact) mass is 842 g/mol. The summed E-state index contributed by atoms with van der Waals surface area (Å²) in [7, 11) is 0. The van der Waals surface area contributed by atoms with E-state index in [9.17, 15) is 0 Å². The Morgan fingerprint density at radius 3 is 1.41 bits per heavy atom. The molecule has 13 aromatic rings. The molecule has 66 heavy (non-hydrogen) atoms. The van der Waals surface area contributed by atoms with E-state index in [-0.39, 0.29) is 6.71 Å². The summed E-state index contributed by atoms with van der Waals surface area (Å²) in [5.74, 6) is 3.25. The summed E-state index contributed by atoms with van der Waals surface area (Å²) in [6, 6.07) is 75.5. The van der Waals surface area contributed by atoms with Crippen LogP contribution in [0.2, 0.25) is 0 Å². The van der Waals surface area contributed by atoms with Gasteiger partial charge in [0, 0.05) is 44.8 Å². The average Bonchev–Trinajstić information content (AvgIpc) is 4.05. The maximum Gasteiger partial charge on any atom is 0.260 e. The predicted octanol–water partition coefficient (Wildman–Crippen LogP) is 13.8. The van der Waals surface area contributed by atoms with Gasteiger partial charge in [-0.05, 0) is 75.6 Å². The Kier molecular flexibility index (Phi) is 7.24. The van der Waals surface area contributed by atoms with Gasteiger partial charge in [-0.3, -0.25) is 0 Å². The molecular formula is C60H35BN2O3. The number of para-hydroxylation sites is 4. The first-order chi connectivity index (χ1) is 32.7. The highest BCUT2D eigenvalue weighted by Crippen LogP contribution is 2.50. The second-order valence-electron chi connectivity index (χ2n) is 17.5. The van der Waals surface area contributed by atoms with Crippen molar-refractivity contribution in [1.29, 1.82) is 0 Å². The fourth-order valence-electron chi connectivity index (χ4n) is 11.2. The number of hydrogen-bond donors (Lipinski definition) is 0. The first-order valence-corrected chi connectivity index (χ1v) is 22.5. The zero-order valence-corrected chi connectivity index (χ0v) is 35.4. The van der Waals surface area contributed by atoms with Crippen LogP contribution in [0.4, 0.5) is 0 Å². The van der Waals surface area contributed by atoms with Crippen LogP contribution in [0.5, 0.6) is 23.0 Å². The van der Waals surface area contributed by atoms with Crippen molar-refractivity contribution < 1.29 is 13.9 Å². The maximum atomic E-state index is 7.17. The van der Waals surface area contributed by atoms with Gasteiger partial charge in [-0.1, -0.05) is 158 Å². The van der Waals surface area contributed by atoms with Crippen LogP contribution in [0.15, 0.2) is 217 Å². The normalized spacial score (nSPS) is 12.8. The van der Waals surface area contributed by atoms with E-state index >= 15 is 0 Å². The van der Waals surface area contributed by atoms with E-state index in [1.54, 1.807) is 0 Å². The second-order valence-corrected chi connectivity index (χ2v) is 17.5. The SMILES string of the molecule is c1ccc(-c2ccc3c(c2)Oc2cc(-n4c5ccccc5c5c6c(c7ccccc7n6-c6ccccc6)c6oc7ccccc7c6c54)cc4c2B3c2ccc(-c3ccccc3)cc2O4)cc1. The third-order valence-electron chi connectivity index (χ3n) is 14.0. The Balaban J connectivity index is 1.07. The van der Waals surface area contributed by atoms with Crippen LogP contribution in [0.25, 0.3) is 99.2 Å². The predicted molar refractivity (Wildman–Crippen MR) is 271 cm³/mol. The third-order valence-corrected chi connectivity index (χ3v) is 14.0. The molecule has 0 spiro atoms. The minimum atomic E-state index is -0.102. The van der Waals surface area contributed by atoms with Crippen molar-refractivity contribution >= 4 is 88.7 Å². The minimum absolute atomic E-state index is 0.102. The first-order valence-electron chi connectivity index (χ1n) is 22.5. The lowest BCUT2D eigenvalue weighted by molar-refractivity contribution is 0.464. The zero-order chi connectivity index (χ0) is 43.0. The van der Waals surface area contributed by atoms with E-state index < -0.39 is 0 Å². The number of ether oxygens (including phenoxy) is 2. The molecule has 0 atom stereocenters. The number of benzene rings is 10. The summed E-state index contributed by atoms with van der Waals surface area (Å²) in [5.41, 5.74) is 15.9. The Morgan fingerprint density at radius 1 is 0.348 bits per heavy atom. The number of rotatable bonds is 4. The molecule has 15 rings (SSSR count). The third kappa shape index (κ3) is 4.90.